The molecule has 7 heavy (non-hydrogen) atoms. The Morgan fingerprint density at radius 3 is 2.29 bits per heavy atom. The summed E-state index contributed by atoms with van der Waals surface area (Å²) in [5, 5.41) is 17.1. The Bertz CT molecular complexity index is 133. The van der Waals surface area contributed by atoms with Crippen LogP contribution < -0.4 is 0 Å². The van der Waals surface area contributed by atoms with Crippen LogP contribution in [0, 0.1) is 0 Å². The predicted molar refractivity (Wildman–Crippen MR) is 26.0 cm³/mol. The van der Waals surface area contributed by atoms with Gasteiger partial charge in [0, 0.05) is 12.5 Å². The molecule has 0 saturated heterocycles. The van der Waals surface area contributed by atoms with E-state index >= 15 is 0 Å². The summed E-state index contributed by atoms with van der Waals surface area (Å²) in [6.07, 6.45) is 3.36. The van der Waals surface area contributed by atoms with Crippen molar-refractivity contribution >= 4 is 0 Å². The summed E-state index contributed by atoms with van der Waals surface area (Å²) in [5.74, 6) is 0.398. The average molecular weight is 98.1 g/mol. The monoisotopic (exact) mass is 98.0 g/mol. The Balaban J connectivity index is 2.69. The molecule has 1 aliphatic rings. The Labute approximate surface area is 41.4 Å². The highest BCUT2D eigenvalue weighted by Crippen LogP contribution is 2.10. The lowest BCUT2D eigenvalue weighted by molar-refractivity contribution is 0.400. The Morgan fingerprint density at radius 2 is 2.14 bits per heavy atom. The highest BCUT2D eigenvalue weighted by atomic mass is 16.3. The third kappa shape index (κ3) is 0.738. The van der Waals surface area contributed by atoms with Crippen molar-refractivity contribution in [3.8, 4) is 0 Å². The number of aliphatic hydroxyl groups excluding tert-OH is 2. The molecule has 0 heterocycles. The van der Waals surface area contributed by atoms with Crippen LogP contribution in [0.4, 0.5) is 0 Å². The minimum atomic E-state index is 0.164. The molecule has 0 saturated carbocycles. The molecule has 0 aromatic heterocycles. The number of hydrogen-bond acceptors (Lipinski definition) is 2. The first kappa shape index (κ1) is 4.24. The molecule has 0 unspecified atom stereocenters. The largest absolute Gasteiger partial charge is 0.512 e. The molecule has 2 N–H and O–H groups in total. The van der Waals surface area contributed by atoms with Crippen molar-refractivity contribution in [1.82, 2.24) is 0 Å². The van der Waals surface area contributed by atoms with Crippen molar-refractivity contribution in [1.29, 1.82) is 0 Å². The molecule has 0 bridgehead atoms. The van der Waals surface area contributed by atoms with Crippen molar-refractivity contribution in [2.45, 2.75) is 6.42 Å². The van der Waals surface area contributed by atoms with Gasteiger partial charge in [-0.1, -0.05) is 0 Å². The van der Waals surface area contributed by atoms with Crippen LogP contribution in [0.2, 0.25) is 0 Å². The van der Waals surface area contributed by atoms with E-state index in [1.807, 2.05) is 0 Å². The Hall–Kier alpha value is -0.920. The first-order valence-electron chi connectivity index (χ1n) is 2.08. The highest BCUT2D eigenvalue weighted by molar-refractivity contribution is 5.22. The SMILES string of the molecule is OC1=CCC(O)=C1. The van der Waals surface area contributed by atoms with E-state index in [9.17, 15) is 0 Å². The van der Waals surface area contributed by atoms with E-state index in [1.54, 1.807) is 6.08 Å². The fourth-order valence-corrected chi connectivity index (χ4v) is 0.498. The first-order chi connectivity index (χ1) is 3.29. The van der Waals surface area contributed by atoms with E-state index in [2.05, 4.69) is 0 Å². The van der Waals surface area contributed by atoms with Crippen LogP contribution in [0.25, 0.3) is 0 Å². The maximum Gasteiger partial charge on any atom is 0.115 e. The number of rotatable bonds is 0. The van der Waals surface area contributed by atoms with Crippen LogP contribution in [-0.2, 0) is 0 Å². The van der Waals surface area contributed by atoms with Gasteiger partial charge in [-0.15, -0.1) is 0 Å². The van der Waals surface area contributed by atoms with E-state index in [-0.39, 0.29) is 11.5 Å². The number of aliphatic hydroxyl groups is 2. The van der Waals surface area contributed by atoms with Crippen LogP contribution in [-0.4, -0.2) is 10.2 Å². The summed E-state index contributed by atoms with van der Waals surface area (Å²) in [6, 6.07) is 0. The molecule has 1 aliphatic carbocycles. The van der Waals surface area contributed by atoms with E-state index in [0.717, 1.165) is 0 Å². The zero-order valence-corrected chi connectivity index (χ0v) is 3.76. The molecule has 2 nitrogen and oxygen atoms in total. The fraction of sp³-hybridized carbons (Fsp3) is 0.200. The summed E-state index contributed by atoms with van der Waals surface area (Å²) in [5.41, 5.74) is 0. The number of hydrogen-bond donors (Lipinski definition) is 2. The van der Waals surface area contributed by atoms with Crippen molar-refractivity contribution in [3.63, 3.8) is 0 Å². The van der Waals surface area contributed by atoms with Crippen LogP contribution >= 0.6 is 0 Å². The van der Waals surface area contributed by atoms with Gasteiger partial charge in [0.2, 0.25) is 0 Å². The standard InChI is InChI=1S/C5H6O2/c6-4-1-2-5(7)3-4/h1,3,6-7H,2H2. The van der Waals surface area contributed by atoms with Crippen LogP contribution in [0.5, 0.6) is 0 Å². The van der Waals surface area contributed by atoms with Gasteiger partial charge in [0.05, 0.1) is 5.76 Å². The smallest absolute Gasteiger partial charge is 0.115 e. The van der Waals surface area contributed by atoms with Crippen molar-refractivity contribution in [2.75, 3.05) is 0 Å². The van der Waals surface area contributed by atoms with Gasteiger partial charge >= 0.3 is 0 Å². The third-order valence-corrected chi connectivity index (χ3v) is 0.835. The maximum absolute atomic E-state index is 8.55. The predicted octanol–water partition coefficient (Wildman–Crippen LogP) is 1.27. The van der Waals surface area contributed by atoms with Gasteiger partial charge in [-0.3, -0.25) is 0 Å². The molecule has 0 spiro atoms. The third-order valence-electron chi connectivity index (χ3n) is 0.835. The van der Waals surface area contributed by atoms with E-state index in [1.165, 1.54) is 6.08 Å². The van der Waals surface area contributed by atoms with Crippen molar-refractivity contribution < 1.29 is 10.2 Å². The topological polar surface area (TPSA) is 40.5 Å². The lowest BCUT2D eigenvalue weighted by atomic mass is 10.4. The van der Waals surface area contributed by atoms with Crippen LogP contribution in [0.1, 0.15) is 6.42 Å². The zero-order chi connectivity index (χ0) is 5.28. The Kier molecular flexibility index (Phi) is 0.785. The minimum absolute atomic E-state index is 0.164. The van der Waals surface area contributed by atoms with Crippen molar-refractivity contribution in [2.24, 2.45) is 0 Å². The van der Waals surface area contributed by atoms with Crippen LogP contribution in [0.15, 0.2) is 23.7 Å². The summed E-state index contributed by atoms with van der Waals surface area (Å²) >= 11 is 0. The van der Waals surface area contributed by atoms with Gasteiger partial charge < -0.3 is 10.2 Å². The summed E-state index contributed by atoms with van der Waals surface area (Å²) in [4.78, 5) is 0. The molecular formula is C5H6O2. The van der Waals surface area contributed by atoms with Crippen molar-refractivity contribution in [3.05, 3.63) is 23.7 Å². The second-order valence-electron chi connectivity index (χ2n) is 1.47. The van der Waals surface area contributed by atoms with Gasteiger partial charge in [-0.2, -0.15) is 0 Å². The molecule has 0 aromatic rings. The first-order valence-corrected chi connectivity index (χ1v) is 2.08. The van der Waals surface area contributed by atoms with Crippen LogP contribution in [0.3, 0.4) is 0 Å². The molecule has 0 aromatic carbocycles. The molecular weight excluding hydrogens is 92.1 g/mol. The van der Waals surface area contributed by atoms with E-state index in [0.29, 0.717) is 6.42 Å². The number of allylic oxidation sites excluding steroid dienone is 2. The molecule has 0 atom stereocenters. The molecule has 2 heteroatoms. The molecule has 0 aliphatic heterocycles. The van der Waals surface area contributed by atoms with E-state index < -0.39 is 0 Å². The lowest BCUT2D eigenvalue weighted by Crippen LogP contribution is -1.67. The maximum atomic E-state index is 8.55. The van der Waals surface area contributed by atoms with Gasteiger partial charge in [0.15, 0.2) is 0 Å². The highest BCUT2D eigenvalue weighted by Gasteiger charge is 1.99. The lowest BCUT2D eigenvalue weighted by Gasteiger charge is -1.79. The second-order valence-corrected chi connectivity index (χ2v) is 1.47. The van der Waals surface area contributed by atoms with Gasteiger partial charge in [0.25, 0.3) is 0 Å². The quantitative estimate of drug-likeness (QED) is 0.479. The van der Waals surface area contributed by atoms with Gasteiger partial charge in [-0.05, 0) is 6.08 Å². The van der Waals surface area contributed by atoms with Gasteiger partial charge in [0.1, 0.15) is 5.76 Å². The molecule has 0 fully saturated rings. The zero-order valence-electron chi connectivity index (χ0n) is 3.76. The Morgan fingerprint density at radius 1 is 1.43 bits per heavy atom. The molecule has 0 amide bonds. The van der Waals surface area contributed by atoms with E-state index in [4.69, 9.17) is 10.2 Å². The minimum Gasteiger partial charge on any atom is -0.512 e. The fourth-order valence-electron chi connectivity index (χ4n) is 0.498. The summed E-state index contributed by atoms with van der Waals surface area (Å²) < 4.78 is 0. The molecule has 1 rings (SSSR count). The second kappa shape index (κ2) is 1.30. The van der Waals surface area contributed by atoms with Gasteiger partial charge in [-0.25, -0.2) is 0 Å². The summed E-state index contributed by atoms with van der Waals surface area (Å²) in [7, 11) is 0. The summed E-state index contributed by atoms with van der Waals surface area (Å²) in [6.45, 7) is 0. The molecule has 0 radical (unpaired) electrons. The molecule has 38 valence electrons. The average Bonchev–Trinajstić information content (AvgIpc) is 1.87. The normalized spacial score (nSPS) is 18.9.